The molecule has 2 N–H and O–H groups in total. The first-order valence-corrected chi connectivity index (χ1v) is 7.26. The fraction of sp³-hybridized carbons (Fsp3) is 0.154. The molecule has 18 heavy (non-hydrogen) atoms. The van der Waals surface area contributed by atoms with Crippen molar-refractivity contribution in [3.05, 3.63) is 44.6 Å². The average molecular weight is 322 g/mol. The molecule has 0 fully saturated rings. The third-order valence-electron chi connectivity index (χ3n) is 2.87. The Kier molecular flexibility index (Phi) is 2.87. The molecule has 0 radical (unpaired) electrons. The van der Waals surface area contributed by atoms with Gasteiger partial charge < -0.3 is 10.3 Å². The molecule has 3 aromatic rings. The van der Waals surface area contributed by atoms with E-state index in [4.69, 9.17) is 5.73 Å². The maximum atomic E-state index is 6.00. The molecule has 0 aliphatic rings. The third-order valence-corrected chi connectivity index (χ3v) is 4.55. The van der Waals surface area contributed by atoms with E-state index in [0.717, 1.165) is 22.1 Å². The van der Waals surface area contributed by atoms with Gasteiger partial charge in [-0.2, -0.15) is 0 Å². The van der Waals surface area contributed by atoms with Crippen molar-refractivity contribution >= 4 is 44.2 Å². The first kappa shape index (κ1) is 11.7. The van der Waals surface area contributed by atoms with Crippen molar-refractivity contribution in [1.29, 1.82) is 0 Å². The summed E-state index contributed by atoms with van der Waals surface area (Å²) in [7, 11) is 0. The third kappa shape index (κ3) is 2.04. The van der Waals surface area contributed by atoms with E-state index in [1.165, 1.54) is 10.4 Å². The highest BCUT2D eigenvalue weighted by Crippen LogP contribution is 2.25. The van der Waals surface area contributed by atoms with Crippen LogP contribution in [0.2, 0.25) is 0 Å². The quantitative estimate of drug-likeness (QED) is 0.780. The number of nitrogen functional groups attached to an aromatic ring is 1. The highest BCUT2D eigenvalue weighted by molar-refractivity contribution is 9.10. The van der Waals surface area contributed by atoms with E-state index in [1.807, 2.05) is 6.07 Å². The largest absolute Gasteiger partial charge is 0.369 e. The fourth-order valence-corrected chi connectivity index (χ4v) is 3.45. The van der Waals surface area contributed by atoms with Crippen molar-refractivity contribution in [1.82, 2.24) is 9.55 Å². The fourth-order valence-electron chi connectivity index (χ4n) is 2.01. The Balaban J connectivity index is 2.10. The Morgan fingerprint density at radius 1 is 1.39 bits per heavy atom. The molecule has 0 aliphatic heterocycles. The number of thiophene rings is 1. The Hall–Kier alpha value is -1.33. The number of hydrogen-bond acceptors (Lipinski definition) is 3. The molecule has 5 heteroatoms. The molecule has 0 saturated heterocycles. The zero-order valence-corrected chi connectivity index (χ0v) is 12.3. The number of nitrogens with two attached hydrogens (primary N) is 1. The molecule has 0 aliphatic carbocycles. The van der Waals surface area contributed by atoms with Crippen molar-refractivity contribution in [2.24, 2.45) is 0 Å². The molecule has 92 valence electrons. The molecule has 0 unspecified atom stereocenters. The minimum Gasteiger partial charge on any atom is -0.369 e. The number of aromatic nitrogens is 2. The van der Waals surface area contributed by atoms with Crippen molar-refractivity contribution in [2.45, 2.75) is 13.5 Å². The number of nitrogens with zero attached hydrogens (tertiary/aromatic N) is 2. The molecule has 0 bridgehead atoms. The van der Waals surface area contributed by atoms with Crippen LogP contribution in [0.15, 0.2) is 34.1 Å². The second kappa shape index (κ2) is 4.40. The Labute approximate surface area is 117 Å². The minimum atomic E-state index is 0.570. The van der Waals surface area contributed by atoms with Gasteiger partial charge in [0, 0.05) is 14.7 Å². The zero-order valence-electron chi connectivity index (χ0n) is 9.85. The van der Waals surface area contributed by atoms with E-state index in [9.17, 15) is 0 Å². The number of halogens is 1. The van der Waals surface area contributed by atoms with Crippen LogP contribution >= 0.6 is 27.3 Å². The monoisotopic (exact) mass is 321 g/mol. The van der Waals surface area contributed by atoms with Gasteiger partial charge in [-0.05, 0) is 46.6 Å². The van der Waals surface area contributed by atoms with Crippen LogP contribution in [0.25, 0.3) is 11.0 Å². The number of anilines is 1. The van der Waals surface area contributed by atoms with Crippen LogP contribution in [-0.2, 0) is 6.54 Å². The minimum absolute atomic E-state index is 0.570. The number of imidazole rings is 1. The van der Waals surface area contributed by atoms with Gasteiger partial charge in [-0.3, -0.25) is 0 Å². The normalized spacial score (nSPS) is 11.2. The highest BCUT2D eigenvalue weighted by atomic mass is 79.9. The van der Waals surface area contributed by atoms with Crippen LogP contribution in [0.3, 0.4) is 0 Å². The van der Waals surface area contributed by atoms with Crippen LogP contribution in [0.5, 0.6) is 0 Å². The summed E-state index contributed by atoms with van der Waals surface area (Å²) in [6, 6.07) is 8.32. The Morgan fingerprint density at radius 3 is 2.94 bits per heavy atom. The van der Waals surface area contributed by atoms with Crippen molar-refractivity contribution < 1.29 is 0 Å². The van der Waals surface area contributed by atoms with Crippen molar-refractivity contribution in [2.75, 3.05) is 5.73 Å². The van der Waals surface area contributed by atoms with Crippen molar-refractivity contribution in [3.8, 4) is 0 Å². The molecule has 3 nitrogen and oxygen atoms in total. The van der Waals surface area contributed by atoms with Gasteiger partial charge in [0.25, 0.3) is 0 Å². The number of benzene rings is 1. The lowest BCUT2D eigenvalue weighted by Crippen LogP contribution is -2.03. The lowest BCUT2D eigenvalue weighted by atomic mass is 10.2. The highest BCUT2D eigenvalue weighted by Gasteiger charge is 2.09. The molecule has 3 rings (SSSR count). The van der Waals surface area contributed by atoms with Crippen molar-refractivity contribution in [3.63, 3.8) is 0 Å². The van der Waals surface area contributed by atoms with E-state index in [1.54, 1.807) is 11.3 Å². The van der Waals surface area contributed by atoms with E-state index in [-0.39, 0.29) is 0 Å². The van der Waals surface area contributed by atoms with Gasteiger partial charge in [-0.1, -0.05) is 6.07 Å². The van der Waals surface area contributed by atoms with Gasteiger partial charge in [0.1, 0.15) is 0 Å². The summed E-state index contributed by atoms with van der Waals surface area (Å²) < 4.78 is 3.17. The average Bonchev–Trinajstić information content (AvgIpc) is 2.86. The lowest BCUT2D eigenvalue weighted by molar-refractivity contribution is 0.852. The van der Waals surface area contributed by atoms with E-state index >= 15 is 0 Å². The molecule has 0 atom stereocenters. The first-order valence-electron chi connectivity index (χ1n) is 5.59. The summed E-state index contributed by atoms with van der Waals surface area (Å²) >= 11 is 5.19. The van der Waals surface area contributed by atoms with Gasteiger partial charge in [0.05, 0.1) is 17.6 Å². The Morgan fingerprint density at radius 2 is 2.22 bits per heavy atom. The number of hydrogen-bond donors (Lipinski definition) is 1. The summed E-state index contributed by atoms with van der Waals surface area (Å²) in [5.74, 6) is 0.570. The molecule has 0 spiro atoms. The van der Waals surface area contributed by atoms with E-state index in [2.05, 4.69) is 56.0 Å². The zero-order chi connectivity index (χ0) is 12.7. The molecule has 1 aromatic carbocycles. The van der Waals surface area contributed by atoms with Crippen LogP contribution in [0.1, 0.15) is 10.4 Å². The second-order valence-corrected chi connectivity index (χ2v) is 6.19. The summed E-state index contributed by atoms with van der Waals surface area (Å²) in [4.78, 5) is 5.65. The standard InChI is InChI=1S/C13H12BrN3S/c1-8-2-3-11-12(4-8)17(13(15)16-11)6-10-5-9(14)7-18-10/h2-5,7H,6H2,1H3,(H2,15,16). The summed E-state index contributed by atoms with van der Waals surface area (Å²) in [6.45, 7) is 2.84. The maximum Gasteiger partial charge on any atom is 0.201 e. The summed E-state index contributed by atoms with van der Waals surface area (Å²) in [6.07, 6.45) is 0. The lowest BCUT2D eigenvalue weighted by Gasteiger charge is -2.04. The number of rotatable bonds is 2. The smallest absolute Gasteiger partial charge is 0.201 e. The second-order valence-electron chi connectivity index (χ2n) is 4.28. The van der Waals surface area contributed by atoms with Gasteiger partial charge in [-0.25, -0.2) is 4.98 Å². The molecular weight excluding hydrogens is 310 g/mol. The first-order chi connectivity index (χ1) is 8.63. The number of fused-ring (bicyclic) bond motifs is 1. The molecule has 0 amide bonds. The van der Waals surface area contributed by atoms with E-state index < -0.39 is 0 Å². The number of aryl methyl sites for hydroxylation is 1. The van der Waals surface area contributed by atoms with Crippen LogP contribution in [-0.4, -0.2) is 9.55 Å². The molecular formula is C13H12BrN3S. The summed E-state index contributed by atoms with van der Waals surface area (Å²) in [5.41, 5.74) is 9.27. The maximum absolute atomic E-state index is 6.00. The molecule has 0 saturated carbocycles. The van der Waals surface area contributed by atoms with Crippen LogP contribution in [0.4, 0.5) is 5.95 Å². The van der Waals surface area contributed by atoms with Crippen LogP contribution < -0.4 is 5.73 Å². The van der Waals surface area contributed by atoms with Gasteiger partial charge in [-0.15, -0.1) is 11.3 Å². The van der Waals surface area contributed by atoms with Gasteiger partial charge in [0.15, 0.2) is 0 Å². The SMILES string of the molecule is Cc1ccc2nc(N)n(Cc3cc(Br)cs3)c2c1. The predicted octanol–water partition coefficient (Wildman–Crippen LogP) is 3.80. The van der Waals surface area contributed by atoms with E-state index in [0.29, 0.717) is 5.95 Å². The van der Waals surface area contributed by atoms with Gasteiger partial charge in [0.2, 0.25) is 5.95 Å². The molecule has 2 aromatic heterocycles. The topological polar surface area (TPSA) is 43.8 Å². The predicted molar refractivity (Wildman–Crippen MR) is 80.0 cm³/mol. The molecule has 2 heterocycles. The van der Waals surface area contributed by atoms with Gasteiger partial charge >= 0.3 is 0 Å². The summed E-state index contributed by atoms with van der Waals surface area (Å²) in [5, 5.41) is 2.08. The Bertz CT molecular complexity index is 714. The van der Waals surface area contributed by atoms with Crippen LogP contribution in [0, 0.1) is 6.92 Å².